The largest absolute Gasteiger partial charge is 0.481 e. The number of nitriles is 1. The van der Waals surface area contributed by atoms with Gasteiger partial charge in [-0.05, 0) is 37.0 Å². The molecule has 4 heteroatoms. The first-order valence-electron chi connectivity index (χ1n) is 6.66. The number of hydrogen-bond donors (Lipinski definition) is 1. The Hall–Kier alpha value is -2.02. The molecule has 0 atom stereocenters. The van der Waals surface area contributed by atoms with Crippen LogP contribution in [0.2, 0.25) is 0 Å². The van der Waals surface area contributed by atoms with E-state index >= 15 is 0 Å². The molecule has 1 aliphatic heterocycles. The fourth-order valence-corrected chi connectivity index (χ4v) is 2.54. The Morgan fingerprint density at radius 2 is 2.16 bits per heavy atom. The minimum Gasteiger partial charge on any atom is -0.481 e. The summed E-state index contributed by atoms with van der Waals surface area (Å²) in [5.41, 5.74) is 2.78. The van der Waals surface area contributed by atoms with Crippen LogP contribution in [0.4, 0.5) is 5.69 Å². The fraction of sp³-hybridized carbons (Fsp3) is 0.467. The third-order valence-electron chi connectivity index (χ3n) is 3.77. The number of aliphatic carboxylic acids is 1. The van der Waals surface area contributed by atoms with Crippen molar-refractivity contribution in [2.24, 2.45) is 5.92 Å². The first-order chi connectivity index (χ1) is 9.15. The average molecular weight is 258 g/mol. The molecule has 4 nitrogen and oxygen atoms in total. The summed E-state index contributed by atoms with van der Waals surface area (Å²) < 4.78 is 0. The number of nitrogens with zero attached hydrogens (tertiary/aromatic N) is 2. The quantitative estimate of drug-likeness (QED) is 0.904. The molecule has 1 fully saturated rings. The second kappa shape index (κ2) is 5.75. The zero-order valence-electron chi connectivity index (χ0n) is 11.1. The summed E-state index contributed by atoms with van der Waals surface area (Å²) in [6, 6.07) is 8.20. The molecule has 1 N–H and O–H groups in total. The molecule has 0 amide bonds. The second-order valence-corrected chi connectivity index (χ2v) is 4.92. The lowest BCUT2D eigenvalue weighted by molar-refractivity contribution is -0.142. The molecule has 0 saturated carbocycles. The van der Waals surface area contributed by atoms with Crippen molar-refractivity contribution in [3.8, 4) is 6.07 Å². The number of aryl methyl sites for hydroxylation is 1. The predicted molar refractivity (Wildman–Crippen MR) is 73.1 cm³/mol. The molecule has 2 rings (SSSR count). The highest BCUT2D eigenvalue weighted by Gasteiger charge is 2.25. The number of carbonyl (C=O) groups is 1. The molecular formula is C15H18N2O2. The van der Waals surface area contributed by atoms with Crippen molar-refractivity contribution < 1.29 is 9.90 Å². The number of piperidine rings is 1. The van der Waals surface area contributed by atoms with Gasteiger partial charge in [-0.25, -0.2) is 0 Å². The van der Waals surface area contributed by atoms with Crippen molar-refractivity contribution >= 4 is 11.7 Å². The summed E-state index contributed by atoms with van der Waals surface area (Å²) in [5, 5.41) is 18.2. The Morgan fingerprint density at radius 1 is 1.47 bits per heavy atom. The van der Waals surface area contributed by atoms with Gasteiger partial charge in [0.15, 0.2) is 0 Å². The number of carboxylic acid groups (broad SMARTS) is 1. The van der Waals surface area contributed by atoms with E-state index in [-0.39, 0.29) is 5.92 Å². The van der Waals surface area contributed by atoms with Gasteiger partial charge in [0.25, 0.3) is 0 Å². The second-order valence-electron chi connectivity index (χ2n) is 4.92. The van der Waals surface area contributed by atoms with Crippen LogP contribution in [0.25, 0.3) is 0 Å². The van der Waals surface area contributed by atoms with E-state index in [1.54, 1.807) is 0 Å². The van der Waals surface area contributed by atoms with E-state index in [1.165, 1.54) is 0 Å². The SMILES string of the molecule is CCc1ccc(N2CCC(C(=O)O)CC2)c(C#N)c1. The summed E-state index contributed by atoms with van der Waals surface area (Å²) in [6.07, 6.45) is 2.21. The van der Waals surface area contributed by atoms with E-state index in [9.17, 15) is 10.1 Å². The summed E-state index contributed by atoms with van der Waals surface area (Å²) >= 11 is 0. The van der Waals surface area contributed by atoms with Gasteiger partial charge in [0.1, 0.15) is 6.07 Å². The lowest BCUT2D eigenvalue weighted by Gasteiger charge is -2.32. The third-order valence-corrected chi connectivity index (χ3v) is 3.77. The molecule has 0 spiro atoms. The topological polar surface area (TPSA) is 64.3 Å². The van der Waals surface area contributed by atoms with Gasteiger partial charge in [0.05, 0.1) is 17.2 Å². The van der Waals surface area contributed by atoms with E-state index < -0.39 is 5.97 Å². The lowest BCUT2D eigenvalue weighted by Crippen LogP contribution is -2.36. The van der Waals surface area contributed by atoms with Crippen LogP contribution < -0.4 is 4.90 Å². The maximum Gasteiger partial charge on any atom is 0.306 e. The van der Waals surface area contributed by atoms with Crippen LogP contribution >= 0.6 is 0 Å². The van der Waals surface area contributed by atoms with Crippen molar-refractivity contribution in [1.29, 1.82) is 5.26 Å². The van der Waals surface area contributed by atoms with Crippen molar-refractivity contribution in [3.05, 3.63) is 29.3 Å². The Labute approximate surface area is 113 Å². The van der Waals surface area contributed by atoms with E-state index in [1.807, 2.05) is 18.2 Å². The molecular weight excluding hydrogens is 240 g/mol. The van der Waals surface area contributed by atoms with Crippen LogP contribution in [-0.2, 0) is 11.2 Å². The Balaban J connectivity index is 2.15. The molecule has 19 heavy (non-hydrogen) atoms. The molecule has 1 saturated heterocycles. The number of rotatable bonds is 3. The summed E-state index contributed by atoms with van der Waals surface area (Å²) in [5.74, 6) is -0.946. The van der Waals surface area contributed by atoms with Gasteiger partial charge in [-0.1, -0.05) is 13.0 Å². The zero-order valence-corrected chi connectivity index (χ0v) is 11.1. The molecule has 1 aromatic carbocycles. The van der Waals surface area contributed by atoms with E-state index in [2.05, 4.69) is 17.9 Å². The number of anilines is 1. The molecule has 1 aliphatic rings. The number of benzene rings is 1. The van der Waals surface area contributed by atoms with Gasteiger partial charge in [-0.15, -0.1) is 0 Å². The molecule has 0 radical (unpaired) electrons. The van der Waals surface area contributed by atoms with Gasteiger partial charge < -0.3 is 10.0 Å². The first kappa shape index (κ1) is 13.4. The van der Waals surface area contributed by atoms with Crippen LogP contribution in [0.1, 0.15) is 30.9 Å². The van der Waals surface area contributed by atoms with Gasteiger partial charge in [-0.2, -0.15) is 5.26 Å². The molecule has 1 aromatic rings. The minimum absolute atomic E-state index is 0.239. The normalized spacial score (nSPS) is 16.1. The van der Waals surface area contributed by atoms with Gasteiger partial charge in [0.2, 0.25) is 0 Å². The average Bonchev–Trinajstić information content (AvgIpc) is 2.46. The highest BCUT2D eigenvalue weighted by atomic mass is 16.4. The van der Waals surface area contributed by atoms with Crippen molar-refractivity contribution in [1.82, 2.24) is 0 Å². The Kier molecular flexibility index (Phi) is 4.06. The minimum atomic E-state index is -0.707. The maximum absolute atomic E-state index is 10.9. The monoisotopic (exact) mass is 258 g/mol. The van der Waals surface area contributed by atoms with E-state index in [4.69, 9.17) is 5.11 Å². The van der Waals surface area contributed by atoms with Crippen LogP contribution in [-0.4, -0.2) is 24.2 Å². The Bertz CT molecular complexity index is 511. The molecule has 100 valence electrons. The molecule has 0 unspecified atom stereocenters. The van der Waals surface area contributed by atoms with Crippen molar-refractivity contribution in [2.75, 3.05) is 18.0 Å². The lowest BCUT2D eigenvalue weighted by atomic mass is 9.96. The van der Waals surface area contributed by atoms with Crippen LogP contribution in [0, 0.1) is 17.2 Å². The zero-order chi connectivity index (χ0) is 13.8. The molecule has 0 aromatic heterocycles. The van der Waals surface area contributed by atoms with Crippen LogP contribution in [0.15, 0.2) is 18.2 Å². The predicted octanol–water partition coefficient (Wildman–Crippen LogP) is 2.42. The highest BCUT2D eigenvalue weighted by molar-refractivity contribution is 5.70. The molecule has 1 heterocycles. The van der Waals surface area contributed by atoms with Crippen LogP contribution in [0.3, 0.4) is 0 Å². The van der Waals surface area contributed by atoms with Crippen molar-refractivity contribution in [3.63, 3.8) is 0 Å². The summed E-state index contributed by atoms with van der Waals surface area (Å²) in [4.78, 5) is 13.1. The Morgan fingerprint density at radius 3 is 2.68 bits per heavy atom. The molecule has 0 aliphatic carbocycles. The van der Waals surface area contributed by atoms with Gasteiger partial charge >= 0.3 is 5.97 Å². The number of carboxylic acids is 1. The van der Waals surface area contributed by atoms with Crippen molar-refractivity contribution in [2.45, 2.75) is 26.2 Å². The van der Waals surface area contributed by atoms with E-state index in [0.29, 0.717) is 31.5 Å². The first-order valence-corrected chi connectivity index (χ1v) is 6.66. The fourth-order valence-electron chi connectivity index (χ4n) is 2.54. The smallest absolute Gasteiger partial charge is 0.306 e. The summed E-state index contributed by atoms with van der Waals surface area (Å²) in [7, 11) is 0. The highest BCUT2D eigenvalue weighted by Crippen LogP contribution is 2.27. The van der Waals surface area contributed by atoms with Crippen LogP contribution in [0.5, 0.6) is 0 Å². The summed E-state index contributed by atoms with van der Waals surface area (Å²) in [6.45, 7) is 3.47. The maximum atomic E-state index is 10.9. The standard InChI is InChI=1S/C15H18N2O2/c1-2-11-3-4-14(13(9-11)10-16)17-7-5-12(6-8-17)15(18)19/h3-4,9,12H,2,5-8H2,1H3,(H,18,19). The van der Waals surface area contributed by atoms with Gasteiger partial charge in [-0.3, -0.25) is 4.79 Å². The third kappa shape index (κ3) is 2.87. The van der Waals surface area contributed by atoms with E-state index in [0.717, 1.165) is 17.7 Å². The number of hydrogen-bond acceptors (Lipinski definition) is 3. The molecule has 0 bridgehead atoms. The van der Waals surface area contributed by atoms with Gasteiger partial charge in [0, 0.05) is 13.1 Å².